The van der Waals surface area contributed by atoms with Crippen molar-refractivity contribution in [1.29, 1.82) is 0 Å². The maximum absolute atomic E-state index is 9.32. The lowest BCUT2D eigenvalue weighted by molar-refractivity contribution is 0.406. The molecule has 0 aliphatic heterocycles. The van der Waals surface area contributed by atoms with Crippen molar-refractivity contribution in [1.82, 2.24) is 9.55 Å². The fourth-order valence-corrected chi connectivity index (χ4v) is 1.43. The highest BCUT2D eigenvalue weighted by molar-refractivity contribution is 5.50. The van der Waals surface area contributed by atoms with Crippen LogP contribution in [-0.4, -0.2) is 21.8 Å². The highest BCUT2D eigenvalue weighted by Crippen LogP contribution is 2.26. The summed E-state index contributed by atoms with van der Waals surface area (Å²) in [7, 11) is 1.57. The number of aryl methyl sites for hydroxylation is 1. The van der Waals surface area contributed by atoms with Gasteiger partial charge in [0.1, 0.15) is 11.5 Å². The highest BCUT2D eigenvalue weighted by Gasteiger charge is 2.06. The van der Waals surface area contributed by atoms with Gasteiger partial charge in [-0.25, -0.2) is 4.98 Å². The predicted molar refractivity (Wildman–Crippen MR) is 56.5 cm³/mol. The number of phenolic OH excluding ortho intramolecular Hbond substituents is 1. The molecule has 0 spiro atoms. The molecule has 78 valence electrons. The van der Waals surface area contributed by atoms with Gasteiger partial charge in [0.2, 0.25) is 0 Å². The number of imidazole rings is 1. The van der Waals surface area contributed by atoms with E-state index in [9.17, 15) is 5.11 Å². The molecule has 0 aliphatic carbocycles. The van der Waals surface area contributed by atoms with Gasteiger partial charge in [0.25, 0.3) is 0 Å². The lowest BCUT2D eigenvalue weighted by Crippen LogP contribution is -1.94. The molecule has 0 amide bonds. The van der Waals surface area contributed by atoms with Crippen molar-refractivity contribution in [3.8, 4) is 17.2 Å². The molecule has 1 aromatic heterocycles. The van der Waals surface area contributed by atoms with Crippen LogP contribution in [0.15, 0.2) is 30.7 Å². The van der Waals surface area contributed by atoms with Crippen molar-refractivity contribution in [3.63, 3.8) is 0 Å². The van der Waals surface area contributed by atoms with E-state index in [4.69, 9.17) is 4.74 Å². The van der Waals surface area contributed by atoms with E-state index in [0.29, 0.717) is 5.75 Å². The number of ether oxygens (including phenoxy) is 1. The third kappa shape index (κ3) is 1.79. The first-order valence-corrected chi connectivity index (χ1v) is 4.58. The van der Waals surface area contributed by atoms with Gasteiger partial charge >= 0.3 is 0 Å². The molecule has 0 saturated carbocycles. The van der Waals surface area contributed by atoms with Crippen molar-refractivity contribution in [2.45, 2.75) is 6.92 Å². The van der Waals surface area contributed by atoms with E-state index in [1.165, 1.54) is 0 Å². The third-order valence-electron chi connectivity index (χ3n) is 2.15. The van der Waals surface area contributed by atoms with Crippen LogP contribution in [0.3, 0.4) is 0 Å². The van der Waals surface area contributed by atoms with E-state index in [-0.39, 0.29) is 5.75 Å². The molecule has 2 aromatic rings. The van der Waals surface area contributed by atoms with Crippen LogP contribution in [0.25, 0.3) is 5.69 Å². The average molecular weight is 204 g/mol. The number of aromatic nitrogens is 2. The van der Waals surface area contributed by atoms with Crippen LogP contribution in [0.4, 0.5) is 0 Å². The van der Waals surface area contributed by atoms with Crippen LogP contribution in [0, 0.1) is 6.92 Å². The minimum absolute atomic E-state index is 0.187. The topological polar surface area (TPSA) is 47.3 Å². The third-order valence-corrected chi connectivity index (χ3v) is 2.15. The molecule has 1 aromatic carbocycles. The molecular weight excluding hydrogens is 192 g/mol. The van der Waals surface area contributed by atoms with Gasteiger partial charge in [0.15, 0.2) is 0 Å². The smallest absolute Gasteiger partial charge is 0.146 e. The maximum atomic E-state index is 9.32. The average Bonchev–Trinajstić information content (AvgIpc) is 2.64. The Hall–Kier alpha value is -1.97. The van der Waals surface area contributed by atoms with Gasteiger partial charge in [0.05, 0.1) is 24.8 Å². The Bertz CT molecular complexity index is 477. The molecule has 1 N–H and O–H groups in total. The molecule has 15 heavy (non-hydrogen) atoms. The van der Waals surface area contributed by atoms with Gasteiger partial charge < -0.3 is 14.4 Å². The molecule has 4 heteroatoms. The first kappa shape index (κ1) is 9.58. The molecule has 0 bridgehead atoms. The monoisotopic (exact) mass is 204 g/mol. The molecule has 0 radical (unpaired) electrons. The van der Waals surface area contributed by atoms with Gasteiger partial charge in [-0.2, -0.15) is 0 Å². The lowest BCUT2D eigenvalue weighted by atomic mass is 10.2. The summed E-state index contributed by atoms with van der Waals surface area (Å²) in [5, 5.41) is 9.32. The van der Waals surface area contributed by atoms with Crippen molar-refractivity contribution >= 4 is 0 Å². The quantitative estimate of drug-likeness (QED) is 0.812. The molecule has 0 unspecified atom stereocenters. The van der Waals surface area contributed by atoms with Gasteiger partial charge in [-0.05, 0) is 19.1 Å². The summed E-state index contributed by atoms with van der Waals surface area (Å²) in [5.41, 5.74) is 1.79. The van der Waals surface area contributed by atoms with E-state index in [2.05, 4.69) is 4.98 Å². The maximum Gasteiger partial charge on any atom is 0.146 e. The van der Waals surface area contributed by atoms with Crippen molar-refractivity contribution in [2.24, 2.45) is 0 Å². The van der Waals surface area contributed by atoms with Crippen LogP contribution in [0.5, 0.6) is 11.5 Å². The summed E-state index contributed by atoms with van der Waals surface area (Å²) in [4.78, 5) is 4.14. The molecule has 0 atom stereocenters. The van der Waals surface area contributed by atoms with Gasteiger partial charge in [-0.15, -0.1) is 0 Å². The molecule has 1 heterocycles. The number of rotatable bonds is 2. The zero-order valence-electron chi connectivity index (χ0n) is 8.64. The van der Waals surface area contributed by atoms with Crippen LogP contribution >= 0.6 is 0 Å². The number of nitrogens with zero attached hydrogens (tertiary/aromatic N) is 2. The first-order chi connectivity index (χ1) is 7.20. The molecule has 0 fully saturated rings. The molecule has 2 rings (SSSR count). The van der Waals surface area contributed by atoms with Crippen molar-refractivity contribution in [3.05, 3.63) is 36.4 Å². The van der Waals surface area contributed by atoms with Crippen LogP contribution in [0.2, 0.25) is 0 Å². The minimum Gasteiger partial charge on any atom is -0.508 e. The summed E-state index contributed by atoms with van der Waals surface area (Å²) in [6, 6.07) is 4.98. The Labute approximate surface area is 87.8 Å². The highest BCUT2D eigenvalue weighted by atomic mass is 16.5. The first-order valence-electron chi connectivity index (χ1n) is 4.58. The fourth-order valence-electron chi connectivity index (χ4n) is 1.43. The summed E-state index contributed by atoms with van der Waals surface area (Å²) in [5.74, 6) is 0.805. The molecular formula is C11H12N2O2. The van der Waals surface area contributed by atoms with Gasteiger partial charge in [0, 0.05) is 12.3 Å². The van der Waals surface area contributed by atoms with E-state index in [1.54, 1.807) is 31.6 Å². The number of methoxy groups -OCH3 is 1. The fraction of sp³-hybridized carbons (Fsp3) is 0.182. The number of aromatic hydroxyl groups is 1. The van der Waals surface area contributed by atoms with Gasteiger partial charge in [-0.3, -0.25) is 0 Å². The summed E-state index contributed by atoms with van der Waals surface area (Å²) in [6.07, 6.45) is 3.61. The lowest BCUT2D eigenvalue weighted by Gasteiger charge is -2.08. The Morgan fingerprint density at radius 2 is 2.20 bits per heavy atom. The summed E-state index contributed by atoms with van der Waals surface area (Å²) >= 11 is 0. The minimum atomic E-state index is 0.187. The van der Waals surface area contributed by atoms with Crippen molar-refractivity contribution in [2.75, 3.05) is 7.11 Å². The van der Waals surface area contributed by atoms with E-state index in [0.717, 1.165) is 11.4 Å². The Morgan fingerprint density at radius 3 is 2.80 bits per heavy atom. The largest absolute Gasteiger partial charge is 0.508 e. The number of benzene rings is 1. The second-order valence-corrected chi connectivity index (χ2v) is 3.28. The zero-order chi connectivity index (χ0) is 10.8. The number of phenols is 1. The predicted octanol–water partition coefficient (Wildman–Crippen LogP) is 1.89. The van der Waals surface area contributed by atoms with E-state index < -0.39 is 0 Å². The Balaban J connectivity index is 2.52. The molecule has 4 nitrogen and oxygen atoms in total. The standard InChI is InChI=1S/C11H12N2O2/c1-8-6-13(7-12-8)10-4-3-9(14)5-11(10)15-2/h3-7,14H,1-2H3. The molecule has 0 saturated heterocycles. The van der Waals surface area contributed by atoms with Crippen molar-refractivity contribution < 1.29 is 9.84 Å². The second kappa shape index (κ2) is 3.65. The van der Waals surface area contributed by atoms with E-state index in [1.807, 2.05) is 17.7 Å². The second-order valence-electron chi connectivity index (χ2n) is 3.28. The Morgan fingerprint density at radius 1 is 1.40 bits per heavy atom. The van der Waals surface area contributed by atoms with Crippen LogP contribution in [0.1, 0.15) is 5.69 Å². The number of hydrogen-bond donors (Lipinski definition) is 1. The van der Waals surface area contributed by atoms with Crippen LogP contribution < -0.4 is 4.74 Å². The van der Waals surface area contributed by atoms with E-state index >= 15 is 0 Å². The SMILES string of the molecule is COc1cc(O)ccc1-n1cnc(C)c1. The van der Waals surface area contributed by atoms with Gasteiger partial charge in [-0.1, -0.05) is 0 Å². The summed E-state index contributed by atoms with van der Waals surface area (Å²) in [6.45, 7) is 1.92. The summed E-state index contributed by atoms with van der Waals surface area (Å²) < 4.78 is 7.04. The Kier molecular flexibility index (Phi) is 2.33. The number of hydrogen-bond acceptors (Lipinski definition) is 3. The molecule has 0 aliphatic rings. The zero-order valence-corrected chi connectivity index (χ0v) is 8.64. The normalized spacial score (nSPS) is 10.3. The van der Waals surface area contributed by atoms with Crippen LogP contribution in [-0.2, 0) is 0 Å².